The van der Waals surface area contributed by atoms with Crippen molar-refractivity contribution in [2.75, 3.05) is 31.0 Å². The van der Waals surface area contributed by atoms with Crippen LogP contribution in [0.4, 0.5) is 11.4 Å². The molecule has 3 rings (SSSR count). The van der Waals surface area contributed by atoms with Gasteiger partial charge >= 0.3 is 0 Å². The fraction of sp³-hybridized carbons (Fsp3) is 0.350. The van der Waals surface area contributed by atoms with Gasteiger partial charge in [-0.2, -0.15) is 0 Å². The molecule has 1 aliphatic heterocycles. The minimum absolute atomic E-state index is 0.0456. The number of carbonyl (C=O) groups excluding carboxylic acids is 1. The van der Waals surface area contributed by atoms with Gasteiger partial charge in [0.1, 0.15) is 0 Å². The van der Waals surface area contributed by atoms with Crippen molar-refractivity contribution in [1.29, 1.82) is 0 Å². The third-order valence-electron chi connectivity index (χ3n) is 4.65. The molecule has 0 unspecified atom stereocenters. The summed E-state index contributed by atoms with van der Waals surface area (Å²) in [4.78, 5) is 14.7. The maximum atomic E-state index is 12.6. The normalized spacial score (nSPS) is 16.1. The molecule has 1 amide bonds. The van der Waals surface area contributed by atoms with Crippen LogP contribution >= 0.6 is 0 Å². The summed E-state index contributed by atoms with van der Waals surface area (Å²) >= 11 is 0. The number of nitrogens with zero attached hydrogens (tertiary/aromatic N) is 1. The number of hydrogen-bond donors (Lipinski definition) is 1. The molecule has 1 heterocycles. The van der Waals surface area contributed by atoms with Gasteiger partial charge in [-0.3, -0.25) is 4.79 Å². The highest BCUT2D eigenvalue weighted by atomic mass is 16.5. The fourth-order valence-corrected chi connectivity index (χ4v) is 3.27. The molecule has 0 aliphatic carbocycles. The number of rotatable bonds is 5. The lowest BCUT2D eigenvalue weighted by molar-refractivity contribution is -0.115. The fourth-order valence-electron chi connectivity index (χ4n) is 3.27. The molecule has 5 nitrogen and oxygen atoms in total. The van der Waals surface area contributed by atoms with Crippen molar-refractivity contribution >= 4 is 17.3 Å². The molecule has 0 radical (unpaired) electrons. The molecule has 0 spiro atoms. The van der Waals surface area contributed by atoms with Gasteiger partial charge in [0.15, 0.2) is 11.5 Å². The SMILES string of the molecule is COc1ccc(NC(=O)CN2c3ccccc3CC[C@@H]2C)cc1OC. The molecule has 2 aromatic carbocycles. The van der Waals surface area contributed by atoms with Gasteiger partial charge in [-0.05, 0) is 43.5 Å². The summed E-state index contributed by atoms with van der Waals surface area (Å²) in [5.74, 6) is 1.19. The third kappa shape index (κ3) is 3.71. The van der Waals surface area contributed by atoms with Crippen LogP contribution in [0.1, 0.15) is 18.9 Å². The van der Waals surface area contributed by atoms with Gasteiger partial charge in [0, 0.05) is 23.5 Å². The summed E-state index contributed by atoms with van der Waals surface area (Å²) in [5.41, 5.74) is 3.16. The first-order chi connectivity index (χ1) is 12.1. The van der Waals surface area contributed by atoms with E-state index in [0.29, 0.717) is 29.8 Å². The zero-order valence-electron chi connectivity index (χ0n) is 14.9. The van der Waals surface area contributed by atoms with Crippen molar-refractivity contribution in [2.45, 2.75) is 25.8 Å². The topological polar surface area (TPSA) is 50.8 Å². The molecule has 132 valence electrons. The molecule has 1 atom stereocenters. The molecule has 25 heavy (non-hydrogen) atoms. The molecule has 0 saturated heterocycles. The Morgan fingerprint density at radius 2 is 1.92 bits per heavy atom. The molecule has 0 bridgehead atoms. The van der Waals surface area contributed by atoms with Crippen LogP contribution in [0.2, 0.25) is 0 Å². The second kappa shape index (κ2) is 7.47. The number of fused-ring (bicyclic) bond motifs is 1. The first kappa shape index (κ1) is 17.1. The van der Waals surface area contributed by atoms with E-state index in [2.05, 4.69) is 35.3 Å². The van der Waals surface area contributed by atoms with Crippen LogP contribution < -0.4 is 19.7 Å². The van der Waals surface area contributed by atoms with Crippen molar-refractivity contribution in [1.82, 2.24) is 0 Å². The number of carbonyl (C=O) groups is 1. The molecule has 1 N–H and O–H groups in total. The van der Waals surface area contributed by atoms with E-state index in [0.717, 1.165) is 18.5 Å². The maximum absolute atomic E-state index is 12.6. The van der Waals surface area contributed by atoms with Crippen LogP contribution in [-0.2, 0) is 11.2 Å². The Hall–Kier alpha value is -2.69. The average Bonchev–Trinajstić information content (AvgIpc) is 2.64. The number of anilines is 2. The van der Waals surface area contributed by atoms with Gasteiger partial charge < -0.3 is 19.7 Å². The Morgan fingerprint density at radius 3 is 2.68 bits per heavy atom. The lowest BCUT2D eigenvalue weighted by Crippen LogP contribution is -2.42. The first-order valence-corrected chi connectivity index (χ1v) is 8.48. The Kier molecular flexibility index (Phi) is 5.12. The largest absolute Gasteiger partial charge is 0.493 e. The van der Waals surface area contributed by atoms with Crippen LogP contribution in [0.15, 0.2) is 42.5 Å². The number of methoxy groups -OCH3 is 2. The van der Waals surface area contributed by atoms with Crippen LogP contribution in [-0.4, -0.2) is 32.7 Å². The van der Waals surface area contributed by atoms with E-state index in [1.807, 2.05) is 12.1 Å². The van der Waals surface area contributed by atoms with Gasteiger partial charge in [0.25, 0.3) is 0 Å². The number of amides is 1. The molecule has 2 aromatic rings. The highest BCUT2D eigenvalue weighted by molar-refractivity contribution is 5.94. The predicted molar refractivity (Wildman–Crippen MR) is 99.7 cm³/mol. The smallest absolute Gasteiger partial charge is 0.243 e. The number of hydrogen-bond acceptors (Lipinski definition) is 4. The number of para-hydroxylation sites is 1. The third-order valence-corrected chi connectivity index (χ3v) is 4.65. The molecular weight excluding hydrogens is 316 g/mol. The van der Waals surface area contributed by atoms with E-state index < -0.39 is 0 Å². The van der Waals surface area contributed by atoms with Gasteiger partial charge in [0.2, 0.25) is 5.91 Å². The Bertz CT molecular complexity index is 760. The Morgan fingerprint density at radius 1 is 1.16 bits per heavy atom. The van der Waals surface area contributed by atoms with Crippen molar-refractivity contribution in [2.24, 2.45) is 0 Å². The molecular formula is C20H24N2O3. The molecule has 5 heteroatoms. The number of nitrogens with one attached hydrogen (secondary N) is 1. The van der Waals surface area contributed by atoms with Crippen LogP contribution in [0.25, 0.3) is 0 Å². The van der Waals surface area contributed by atoms with E-state index in [-0.39, 0.29) is 5.91 Å². The molecule has 0 aromatic heterocycles. The van der Waals surface area contributed by atoms with Gasteiger partial charge in [0.05, 0.1) is 20.8 Å². The lowest BCUT2D eigenvalue weighted by atomic mass is 9.96. The zero-order chi connectivity index (χ0) is 17.8. The standard InChI is InChI=1S/C20H24N2O3/c1-14-8-9-15-6-4-5-7-17(15)22(14)13-20(23)21-16-10-11-18(24-2)19(12-16)25-3/h4-7,10-12,14H,8-9,13H2,1-3H3,(H,21,23)/t14-/m0/s1. The summed E-state index contributed by atoms with van der Waals surface area (Å²) in [6, 6.07) is 14.0. The van der Waals surface area contributed by atoms with Crippen molar-refractivity contribution < 1.29 is 14.3 Å². The quantitative estimate of drug-likeness (QED) is 0.905. The van der Waals surface area contributed by atoms with Crippen molar-refractivity contribution in [3.05, 3.63) is 48.0 Å². The van der Waals surface area contributed by atoms with E-state index in [4.69, 9.17) is 9.47 Å². The Balaban J connectivity index is 1.73. The Labute approximate surface area is 148 Å². The minimum Gasteiger partial charge on any atom is -0.493 e. The molecule has 1 aliphatic rings. The number of benzene rings is 2. The molecule has 0 fully saturated rings. The highest BCUT2D eigenvalue weighted by Gasteiger charge is 2.24. The summed E-state index contributed by atoms with van der Waals surface area (Å²) in [7, 11) is 3.17. The van der Waals surface area contributed by atoms with E-state index >= 15 is 0 Å². The minimum atomic E-state index is -0.0456. The van der Waals surface area contributed by atoms with Crippen molar-refractivity contribution in [3.63, 3.8) is 0 Å². The highest BCUT2D eigenvalue weighted by Crippen LogP contribution is 2.31. The predicted octanol–water partition coefficient (Wildman–Crippen LogP) is 3.48. The summed E-state index contributed by atoms with van der Waals surface area (Å²) in [5, 5.41) is 2.95. The monoisotopic (exact) mass is 340 g/mol. The van der Waals surface area contributed by atoms with Gasteiger partial charge in [-0.25, -0.2) is 0 Å². The summed E-state index contributed by atoms with van der Waals surface area (Å²) < 4.78 is 10.5. The second-order valence-corrected chi connectivity index (χ2v) is 6.26. The van der Waals surface area contributed by atoms with Crippen molar-refractivity contribution in [3.8, 4) is 11.5 Å². The number of aryl methyl sites for hydroxylation is 1. The average molecular weight is 340 g/mol. The molecule has 0 saturated carbocycles. The van der Waals surface area contributed by atoms with E-state index in [9.17, 15) is 4.79 Å². The summed E-state index contributed by atoms with van der Waals surface area (Å²) in [6.07, 6.45) is 2.12. The maximum Gasteiger partial charge on any atom is 0.243 e. The number of ether oxygens (including phenoxy) is 2. The van der Waals surface area contributed by atoms with Crippen LogP contribution in [0, 0.1) is 0 Å². The second-order valence-electron chi connectivity index (χ2n) is 6.26. The first-order valence-electron chi connectivity index (χ1n) is 8.48. The van der Waals surface area contributed by atoms with Gasteiger partial charge in [-0.15, -0.1) is 0 Å². The van der Waals surface area contributed by atoms with Crippen LogP contribution in [0.5, 0.6) is 11.5 Å². The van der Waals surface area contributed by atoms with Crippen LogP contribution in [0.3, 0.4) is 0 Å². The summed E-state index contributed by atoms with van der Waals surface area (Å²) in [6.45, 7) is 2.49. The zero-order valence-corrected chi connectivity index (χ0v) is 14.9. The van der Waals surface area contributed by atoms with E-state index in [1.54, 1.807) is 26.4 Å². The van der Waals surface area contributed by atoms with Gasteiger partial charge in [-0.1, -0.05) is 18.2 Å². The van der Waals surface area contributed by atoms with E-state index in [1.165, 1.54) is 5.56 Å². The lowest BCUT2D eigenvalue weighted by Gasteiger charge is -2.36.